The summed E-state index contributed by atoms with van der Waals surface area (Å²) in [4.78, 5) is 0. The van der Waals surface area contributed by atoms with E-state index in [4.69, 9.17) is 11.6 Å². The van der Waals surface area contributed by atoms with E-state index in [1.807, 2.05) is 24.3 Å². The summed E-state index contributed by atoms with van der Waals surface area (Å²) in [5.41, 5.74) is 1.07. The molecule has 0 heterocycles. The number of hydrogen-bond acceptors (Lipinski definition) is 2. The zero-order chi connectivity index (χ0) is 12.0. The van der Waals surface area contributed by atoms with Crippen molar-refractivity contribution >= 4 is 11.6 Å². The van der Waals surface area contributed by atoms with E-state index in [0.717, 1.165) is 17.0 Å². The molecule has 3 heteroatoms. The van der Waals surface area contributed by atoms with Crippen LogP contribution in [0.3, 0.4) is 0 Å². The number of aliphatic hydroxyl groups is 1. The summed E-state index contributed by atoms with van der Waals surface area (Å²) in [6.45, 7) is 5.53. The van der Waals surface area contributed by atoms with Crippen LogP contribution in [0, 0.1) is 5.92 Å². The van der Waals surface area contributed by atoms with Crippen molar-refractivity contribution in [3.05, 3.63) is 34.9 Å². The molecule has 0 saturated heterocycles. The van der Waals surface area contributed by atoms with Gasteiger partial charge in [-0.15, -0.1) is 0 Å². The molecule has 0 amide bonds. The lowest BCUT2D eigenvalue weighted by molar-refractivity contribution is 0.146. The Morgan fingerprint density at radius 3 is 2.62 bits per heavy atom. The Bertz CT molecular complexity index is 315. The minimum atomic E-state index is -0.275. The Labute approximate surface area is 103 Å². The fourth-order valence-electron chi connectivity index (χ4n) is 1.64. The van der Waals surface area contributed by atoms with Gasteiger partial charge in [-0.1, -0.05) is 43.6 Å². The smallest absolute Gasteiger partial charge is 0.0667 e. The third kappa shape index (κ3) is 4.97. The topological polar surface area (TPSA) is 32.3 Å². The molecule has 0 saturated carbocycles. The molecule has 0 radical (unpaired) electrons. The van der Waals surface area contributed by atoms with Crippen LogP contribution in [0.5, 0.6) is 0 Å². The fourth-order valence-corrected chi connectivity index (χ4v) is 1.85. The van der Waals surface area contributed by atoms with E-state index in [1.54, 1.807) is 0 Å². The Kier molecular flexibility index (Phi) is 5.81. The van der Waals surface area contributed by atoms with Crippen molar-refractivity contribution < 1.29 is 5.11 Å². The van der Waals surface area contributed by atoms with Crippen molar-refractivity contribution in [3.8, 4) is 0 Å². The van der Waals surface area contributed by atoms with Crippen LogP contribution in [-0.2, 0) is 6.54 Å². The van der Waals surface area contributed by atoms with Gasteiger partial charge in [-0.2, -0.15) is 0 Å². The maximum absolute atomic E-state index is 9.67. The molecule has 0 aliphatic rings. The van der Waals surface area contributed by atoms with Crippen LogP contribution >= 0.6 is 11.6 Å². The predicted octanol–water partition coefficient (Wildman–Crippen LogP) is 2.84. The average Bonchev–Trinajstić information content (AvgIpc) is 2.19. The van der Waals surface area contributed by atoms with E-state index in [2.05, 4.69) is 19.2 Å². The summed E-state index contributed by atoms with van der Waals surface area (Å²) < 4.78 is 0. The largest absolute Gasteiger partial charge is 0.392 e. The SMILES string of the molecule is CC(C)CC(O)CNCc1ccccc1Cl. The van der Waals surface area contributed by atoms with Crippen molar-refractivity contribution in [1.29, 1.82) is 0 Å². The number of rotatable bonds is 6. The third-order valence-electron chi connectivity index (χ3n) is 2.40. The van der Waals surface area contributed by atoms with E-state index in [1.165, 1.54) is 0 Å². The first kappa shape index (κ1) is 13.5. The molecule has 1 rings (SSSR count). The van der Waals surface area contributed by atoms with Gasteiger partial charge in [0.2, 0.25) is 0 Å². The van der Waals surface area contributed by atoms with Gasteiger partial charge in [0.1, 0.15) is 0 Å². The Hall–Kier alpha value is -0.570. The number of benzene rings is 1. The highest BCUT2D eigenvalue weighted by Crippen LogP contribution is 2.14. The summed E-state index contributed by atoms with van der Waals surface area (Å²) in [6, 6.07) is 7.75. The summed E-state index contributed by atoms with van der Waals surface area (Å²) in [5, 5.41) is 13.7. The lowest BCUT2D eigenvalue weighted by Crippen LogP contribution is -2.27. The zero-order valence-corrected chi connectivity index (χ0v) is 10.7. The van der Waals surface area contributed by atoms with Crippen LogP contribution in [0.25, 0.3) is 0 Å². The van der Waals surface area contributed by atoms with Crippen LogP contribution in [-0.4, -0.2) is 17.8 Å². The highest BCUT2D eigenvalue weighted by molar-refractivity contribution is 6.31. The number of halogens is 1. The van der Waals surface area contributed by atoms with Crippen LogP contribution in [0.2, 0.25) is 5.02 Å². The standard InChI is InChI=1S/C13H20ClNO/c1-10(2)7-12(16)9-15-8-11-5-3-4-6-13(11)14/h3-6,10,12,15-16H,7-9H2,1-2H3. The molecule has 1 atom stereocenters. The highest BCUT2D eigenvalue weighted by atomic mass is 35.5. The van der Waals surface area contributed by atoms with Crippen LogP contribution in [0.4, 0.5) is 0 Å². The van der Waals surface area contributed by atoms with Crippen molar-refractivity contribution in [3.63, 3.8) is 0 Å². The van der Waals surface area contributed by atoms with Gasteiger partial charge < -0.3 is 10.4 Å². The molecule has 0 spiro atoms. The lowest BCUT2D eigenvalue weighted by atomic mass is 10.1. The first-order chi connectivity index (χ1) is 7.59. The second-order valence-corrected chi connectivity index (χ2v) is 4.91. The molecular formula is C13H20ClNO. The molecule has 2 N–H and O–H groups in total. The average molecular weight is 242 g/mol. The predicted molar refractivity (Wildman–Crippen MR) is 68.6 cm³/mol. The molecule has 90 valence electrons. The maximum atomic E-state index is 9.67. The Morgan fingerprint density at radius 2 is 2.00 bits per heavy atom. The molecule has 0 aliphatic heterocycles. The molecule has 0 aromatic heterocycles. The monoisotopic (exact) mass is 241 g/mol. The fraction of sp³-hybridized carbons (Fsp3) is 0.538. The van der Waals surface area contributed by atoms with Crippen molar-refractivity contribution in [2.24, 2.45) is 5.92 Å². The Morgan fingerprint density at radius 1 is 1.31 bits per heavy atom. The third-order valence-corrected chi connectivity index (χ3v) is 2.77. The van der Waals surface area contributed by atoms with E-state index in [0.29, 0.717) is 19.0 Å². The molecule has 1 aromatic rings. The van der Waals surface area contributed by atoms with Gasteiger partial charge in [-0.05, 0) is 24.0 Å². The first-order valence-electron chi connectivity index (χ1n) is 5.71. The maximum Gasteiger partial charge on any atom is 0.0667 e. The van der Waals surface area contributed by atoms with Gasteiger partial charge in [0.25, 0.3) is 0 Å². The second kappa shape index (κ2) is 6.89. The molecule has 1 aromatic carbocycles. The molecule has 0 aliphatic carbocycles. The summed E-state index contributed by atoms with van der Waals surface area (Å²) in [5.74, 6) is 0.525. The van der Waals surface area contributed by atoms with Crippen molar-refractivity contribution in [2.75, 3.05) is 6.54 Å². The molecule has 0 bridgehead atoms. The molecule has 0 fully saturated rings. The van der Waals surface area contributed by atoms with Crippen LogP contribution in [0.15, 0.2) is 24.3 Å². The highest BCUT2D eigenvalue weighted by Gasteiger charge is 2.06. The summed E-state index contributed by atoms with van der Waals surface area (Å²) in [7, 11) is 0. The number of aliphatic hydroxyl groups excluding tert-OH is 1. The quantitative estimate of drug-likeness (QED) is 0.803. The van der Waals surface area contributed by atoms with Crippen molar-refractivity contribution in [1.82, 2.24) is 5.32 Å². The van der Waals surface area contributed by atoms with Gasteiger partial charge in [0.05, 0.1) is 6.10 Å². The lowest BCUT2D eigenvalue weighted by Gasteiger charge is -2.14. The van der Waals surface area contributed by atoms with Gasteiger partial charge in [-0.25, -0.2) is 0 Å². The Balaban J connectivity index is 2.28. The molecule has 1 unspecified atom stereocenters. The van der Waals surface area contributed by atoms with E-state index >= 15 is 0 Å². The number of nitrogens with one attached hydrogen (secondary N) is 1. The normalized spacial score (nSPS) is 13.1. The molecular weight excluding hydrogens is 222 g/mol. The van der Waals surface area contributed by atoms with Gasteiger partial charge >= 0.3 is 0 Å². The summed E-state index contributed by atoms with van der Waals surface area (Å²) >= 11 is 6.02. The zero-order valence-electron chi connectivity index (χ0n) is 9.91. The van der Waals surface area contributed by atoms with Crippen molar-refractivity contribution in [2.45, 2.75) is 32.9 Å². The van der Waals surface area contributed by atoms with E-state index in [-0.39, 0.29) is 6.10 Å². The molecule has 2 nitrogen and oxygen atoms in total. The molecule has 16 heavy (non-hydrogen) atoms. The van der Waals surface area contributed by atoms with Crippen LogP contribution < -0.4 is 5.32 Å². The van der Waals surface area contributed by atoms with Gasteiger partial charge in [-0.3, -0.25) is 0 Å². The summed E-state index contributed by atoms with van der Waals surface area (Å²) in [6.07, 6.45) is 0.553. The first-order valence-corrected chi connectivity index (χ1v) is 6.09. The minimum Gasteiger partial charge on any atom is -0.392 e. The second-order valence-electron chi connectivity index (χ2n) is 4.51. The van der Waals surface area contributed by atoms with E-state index < -0.39 is 0 Å². The van der Waals surface area contributed by atoms with Gasteiger partial charge in [0.15, 0.2) is 0 Å². The number of hydrogen-bond donors (Lipinski definition) is 2. The van der Waals surface area contributed by atoms with E-state index in [9.17, 15) is 5.11 Å². The van der Waals surface area contributed by atoms with Crippen LogP contribution in [0.1, 0.15) is 25.8 Å². The van der Waals surface area contributed by atoms with Gasteiger partial charge in [0, 0.05) is 18.1 Å². The minimum absolute atomic E-state index is 0.275.